The first-order valence-corrected chi connectivity index (χ1v) is 7.14. The lowest BCUT2D eigenvalue weighted by Gasteiger charge is -2.32. The quantitative estimate of drug-likeness (QED) is 0.677. The highest BCUT2D eigenvalue weighted by atomic mass is 17.8. The van der Waals surface area contributed by atoms with Gasteiger partial charge >= 0.3 is 11.9 Å². The molecule has 1 heterocycles. The van der Waals surface area contributed by atoms with Crippen molar-refractivity contribution in [3.8, 4) is 0 Å². The zero-order valence-corrected chi connectivity index (χ0v) is 14.0. The van der Waals surface area contributed by atoms with E-state index in [-0.39, 0.29) is 16.5 Å². The second kappa shape index (κ2) is 5.92. The summed E-state index contributed by atoms with van der Waals surface area (Å²) < 4.78 is 0. The molecule has 0 fully saturated rings. The lowest BCUT2D eigenvalue weighted by atomic mass is 9.72. The summed E-state index contributed by atoms with van der Waals surface area (Å²) in [7, 11) is 0. The maximum Gasteiger partial charge on any atom is 0.377 e. The molecular weight excluding hydrogens is 304 g/mol. The van der Waals surface area contributed by atoms with Crippen LogP contribution in [0.2, 0.25) is 0 Å². The first kappa shape index (κ1) is 17.4. The number of hydrogen-bond donors (Lipinski definition) is 0. The Hall–Kier alpha value is -1.96. The third-order valence-electron chi connectivity index (χ3n) is 3.46. The van der Waals surface area contributed by atoms with Gasteiger partial charge < -0.3 is 0 Å². The van der Waals surface area contributed by atoms with Gasteiger partial charge in [-0.2, -0.15) is 0 Å². The topological polar surface area (TPSA) is 80.3 Å². The Balaban J connectivity index is 2.83. The zero-order valence-electron chi connectivity index (χ0n) is 14.0. The summed E-state index contributed by atoms with van der Waals surface area (Å²) in [5.74, 6) is -1.74. The van der Waals surface area contributed by atoms with Gasteiger partial charge in [0, 0.05) is 15.1 Å². The van der Waals surface area contributed by atoms with Crippen molar-refractivity contribution in [1.29, 1.82) is 0 Å². The Morgan fingerprint density at radius 1 is 0.739 bits per heavy atom. The van der Waals surface area contributed by atoms with Gasteiger partial charge in [-0.15, -0.1) is 0 Å². The Morgan fingerprint density at radius 3 is 1.83 bits per heavy atom. The molecule has 0 atom stereocenters. The molecule has 7 nitrogen and oxygen atoms in total. The van der Waals surface area contributed by atoms with E-state index in [1.807, 2.05) is 41.5 Å². The molecule has 0 radical (unpaired) electrons. The summed E-state index contributed by atoms with van der Waals surface area (Å²) in [6, 6.07) is 3.30. The molecule has 2 rings (SSSR count). The van der Waals surface area contributed by atoms with Crippen LogP contribution in [0.5, 0.6) is 0 Å². The van der Waals surface area contributed by atoms with Crippen LogP contribution in [0.3, 0.4) is 0 Å². The van der Waals surface area contributed by atoms with Gasteiger partial charge in [0.05, 0.1) is 11.1 Å². The van der Waals surface area contributed by atoms with E-state index in [9.17, 15) is 9.59 Å². The molecule has 0 N–H and O–H groups in total. The highest BCUT2D eigenvalue weighted by Crippen LogP contribution is 2.38. The average molecular weight is 324 g/mol. The van der Waals surface area contributed by atoms with Gasteiger partial charge in [-0.05, 0) is 28.0 Å². The van der Waals surface area contributed by atoms with Crippen molar-refractivity contribution in [2.45, 2.75) is 52.4 Å². The third-order valence-corrected chi connectivity index (χ3v) is 3.46. The number of carbonyl (C=O) groups excluding carboxylic acids is 2. The molecule has 0 spiro atoms. The van der Waals surface area contributed by atoms with Crippen molar-refractivity contribution < 1.29 is 34.5 Å². The fourth-order valence-corrected chi connectivity index (χ4v) is 2.58. The fourth-order valence-electron chi connectivity index (χ4n) is 2.58. The third kappa shape index (κ3) is 3.52. The number of hydrogen-bond acceptors (Lipinski definition) is 7. The monoisotopic (exact) mass is 324 g/mol. The summed E-state index contributed by atoms with van der Waals surface area (Å²) in [4.78, 5) is 33.5. The molecule has 0 saturated carbocycles. The van der Waals surface area contributed by atoms with Crippen molar-refractivity contribution in [1.82, 2.24) is 0 Å². The van der Waals surface area contributed by atoms with Crippen molar-refractivity contribution in [2.75, 3.05) is 0 Å². The molecule has 7 heteroatoms. The first-order valence-electron chi connectivity index (χ1n) is 7.14. The zero-order chi connectivity index (χ0) is 17.4. The van der Waals surface area contributed by atoms with E-state index in [0.717, 1.165) is 5.56 Å². The molecule has 0 bridgehead atoms. The molecule has 0 amide bonds. The number of rotatable bonds is 0. The van der Waals surface area contributed by atoms with Crippen molar-refractivity contribution in [3.05, 3.63) is 34.4 Å². The van der Waals surface area contributed by atoms with Gasteiger partial charge in [-0.1, -0.05) is 47.6 Å². The maximum absolute atomic E-state index is 12.4. The molecule has 1 aromatic rings. The van der Waals surface area contributed by atoms with Gasteiger partial charge in [0.2, 0.25) is 0 Å². The SMILES string of the molecule is CC(C)(C)c1ccc2c(c1C(C)(C)C)C(=O)OOOOOC2=O. The minimum absolute atomic E-state index is 0.0158. The summed E-state index contributed by atoms with van der Waals surface area (Å²) in [5.41, 5.74) is 0.979. The molecule has 0 aliphatic carbocycles. The average Bonchev–Trinajstić information content (AvgIpc) is 2.48. The molecule has 0 saturated heterocycles. The van der Waals surface area contributed by atoms with Crippen LogP contribution in [-0.2, 0) is 35.7 Å². The Labute approximate surface area is 134 Å². The van der Waals surface area contributed by atoms with Crippen LogP contribution in [0.15, 0.2) is 12.1 Å². The standard InChI is InChI=1S/C16H20O7/c1-15(2,3)10-8-7-9-11(12(10)16(4,5)6)14(18)20-22-23-21-19-13(9)17/h7-8H,1-6H3. The predicted octanol–water partition coefficient (Wildman–Crippen LogP) is 3.32. The molecule has 0 unspecified atom stereocenters. The minimum atomic E-state index is -0.881. The number of carbonyl (C=O) groups is 2. The van der Waals surface area contributed by atoms with Crippen LogP contribution in [0.1, 0.15) is 73.4 Å². The van der Waals surface area contributed by atoms with E-state index in [2.05, 4.69) is 24.9 Å². The summed E-state index contributed by atoms with van der Waals surface area (Å²) in [6.45, 7) is 11.9. The molecule has 1 aliphatic rings. The molecule has 1 aromatic carbocycles. The second-order valence-electron chi connectivity index (χ2n) is 7.36. The van der Waals surface area contributed by atoms with E-state index in [0.29, 0.717) is 5.56 Å². The maximum atomic E-state index is 12.4. The van der Waals surface area contributed by atoms with Crippen molar-refractivity contribution >= 4 is 11.9 Å². The molecule has 23 heavy (non-hydrogen) atoms. The van der Waals surface area contributed by atoms with Gasteiger partial charge in [0.15, 0.2) is 0 Å². The van der Waals surface area contributed by atoms with Crippen LogP contribution < -0.4 is 0 Å². The van der Waals surface area contributed by atoms with Crippen LogP contribution in [0.4, 0.5) is 0 Å². The van der Waals surface area contributed by atoms with E-state index in [1.165, 1.54) is 6.07 Å². The minimum Gasteiger partial charge on any atom is -0.261 e. The lowest BCUT2D eigenvalue weighted by Crippen LogP contribution is -2.28. The van der Waals surface area contributed by atoms with Gasteiger partial charge in [0.25, 0.3) is 0 Å². The summed E-state index contributed by atoms with van der Waals surface area (Å²) in [6.07, 6.45) is 0. The van der Waals surface area contributed by atoms with E-state index in [1.54, 1.807) is 6.07 Å². The Morgan fingerprint density at radius 2 is 1.30 bits per heavy atom. The lowest BCUT2D eigenvalue weighted by molar-refractivity contribution is -0.683. The van der Waals surface area contributed by atoms with E-state index in [4.69, 9.17) is 0 Å². The fraction of sp³-hybridized carbons (Fsp3) is 0.500. The van der Waals surface area contributed by atoms with Gasteiger partial charge in [0.1, 0.15) is 0 Å². The van der Waals surface area contributed by atoms with Crippen LogP contribution >= 0.6 is 0 Å². The van der Waals surface area contributed by atoms with Crippen LogP contribution in [0, 0.1) is 0 Å². The van der Waals surface area contributed by atoms with Gasteiger partial charge in [-0.25, -0.2) is 9.59 Å². The smallest absolute Gasteiger partial charge is 0.261 e. The summed E-state index contributed by atoms with van der Waals surface area (Å²) in [5, 5.41) is 12.1. The summed E-state index contributed by atoms with van der Waals surface area (Å²) >= 11 is 0. The predicted molar refractivity (Wildman–Crippen MR) is 77.9 cm³/mol. The Bertz CT molecular complexity index is 635. The van der Waals surface area contributed by atoms with E-state index < -0.39 is 17.4 Å². The van der Waals surface area contributed by atoms with Crippen molar-refractivity contribution in [2.24, 2.45) is 0 Å². The molecule has 126 valence electrons. The molecule has 1 aliphatic heterocycles. The normalized spacial score (nSPS) is 16.6. The van der Waals surface area contributed by atoms with Gasteiger partial charge in [-0.3, -0.25) is 9.78 Å². The second-order valence-corrected chi connectivity index (χ2v) is 7.36. The highest BCUT2D eigenvalue weighted by molar-refractivity contribution is 6.04. The van der Waals surface area contributed by atoms with Crippen molar-refractivity contribution in [3.63, 3.8) is 0 Å². The first-order chi connectivity index (χ1) is 10.5. The van der Waals surface area contributed by atoms with Crippen LogP contribution in [-0.4, -0.2) is 11.9 Å². The molecular formula is C16H20O7. The largest absolute Gasteiger partial charge is 0.377 e. The van der Waals surface area contributed by atoms with E-state index >= 15 is 0 Å². The number of fused-ring (bicyclic) bond motifs is 1. The highest BCUT2D eigenvalue weighted by Gasteiger charge is 2.35. The Kier molecular flexibility index (Phi) is 4.48. The number of benzene rings is 1. The molecule has 0 aromatic heterocycles. The van der Waals surface area contributed by atoms with Crippen LogP contribution in [0.25, 0.3) is 0 Å².